The highest BCUT2D eigenvalue weighted by Crippen LogP contribution is 2.34. The topological polar surface area (TPSA) is 48.1 Å². The minimum atomic E-state index is 0.541. The van der Waals surface area contributed by atoms with Gasteiger partial charge in [-0.05, 0) is 42.2 Å². The number of ether oxygens (including phenoxy) is 2. The summed E-state index contributed by atoms with van der Waals surface area (Å²) < 4.78 is 13.2. The van der Waals surface area contributed by atoms with Gasteiger partial charge in [0.05, 0.1) is 18.5 Å². The number of thioether (sulfide) groups is 1. The zero-order chi connectivity index (χ0) is 20.1. The van der Waals surface area contributed by atoms with Crippen LogP contribution in [-0.2, 0) is 0 Å². The molecule has 0 fully saturated rings. The van der Waals surface area contributed by atoms with Gasteiger partial charge in [0.2, 0.25) is 4.80 Å². The summed E-state index contributed by atoms with van der Waals surface area (Å²) in [5.41, 5.74) is 2.98. The van der Waals surface area contributed by atoms with Gasteiger partial charge in [0.1, 0.15) is 13.2 Å². The lowest BCUT2D eigenvalue weighted by Gasteiger charge is -2.18. The van der Waals surface area contributed by atoms with Crippen LogP contribution in [0.2, 0.25) is 0 Å². The fourth-order valence-corrected chi connectivity index (χ4v) is 4.13. The molecule has 7 heteroatoms. The van der Waals surface area contributed by atoms with Crippen LogP contribution < -0.4 is 14.3 Å². The summed E-state index contributed by atoms with van der Waals surface area (Å²) in [6.07, 6.45) is 5.70. The molecule has 0 radical (unpaired) electrons. The number of aromatic nitrogens is 1. The zero-order valence-corrected chi connectivity index (χ0v) is 17.7. The molecular formula is C22H21N3O2S2. The number of fused-ring (bicyclic) bond motifs is 1. The van der Waals surface area contributed by atoms with Crippen molar-refractivity contribution in [2.75, 3.05) is 26.0 Å². The molecule has 0 aliphatic carbocycles. The second-order valence-corrected chi connectivity index (χ2v) is 7.94. The van der Waals surface area contributed by atoms with Crippen molar-refractivity contribution in [3.05, 3.63) is 70.9 Å². The Hall–Kier alpha value is -2.77. The Morgan fingerprint density at radius 1 is 1.14 bits per heavy atom. The average Bonchev–Trinajstić information content (AvgIpc) is 3.19. The van der Waals surface area contributed by atoms with E-state index in [1.54, 1.807) is 29.2 Å². The summed E-state index contributed by atoms with van der Waals surface area (Å²) in [6.45, 7) is 5.44. The van der Waals surface area contributed by atoms with Gasteiger partial charge in [0, 0.05) is 15.8 Å². The van der Waals surface area contributed by atoms with Gasteiger partial charge in [0.15, 0.2) is 11.5 Å². The maximum Gasteiger partial charge on any atom is 0.206 e. The van der Waals surface area contributed by atoms with E-state index in [1.165, 1.54) is 4.90 Å². The molecule has 29 heavy (non-hydrogen) atoms. The molecule has 0 N–H and O–H groups in total. The van der Waals surface area contributed by atoms with E-state index in [-0.39, 0.29) is 0 Å². The Kier molecular flexibility index (Phi) is 6.17. The molecule has 0 saturated heterocycles. The molecule has 4 rings (SSSR count). The summed E-state index contributed by atoms with van der Waals surface area (Å²) in [6, 6.07) is 14.3. The van der Waals surface area contributed by atoms with Crippen molar-refractivity contribution in [3.63, 3.8) is 0 Å². The highest BCUT2D eigenvalue weighted by Gasteiger charge is 2.15. The maximum absolute atomic E-state index is 5.74. The molecule has 1 aliphatic heterocycles. The highest BCUT2D eigenvalue weighted by molar-refractivity contribution is 7.98. The minimum absolute atomic E-state index is 0.541. The number of rotatable bonds is 6. The van der Waals surface area contributed by atoms with E-state index in [0.29, 0.717) is 19.8 Å². The van der Waals surface area contributed by atoms with Crippen LogP contribution in [-0.4, -0.2) is 36.9 Å². The fourth-order valence-electron chi connectivity index (χ4n) is 2.88. The van der Waals surface area contributed by atoms with Gasteiger partial charge in [-0.3, -0.25) is 4.99 Å². The lowest BCUT2D eigenvalue weighted by atomic mass is 10.1. The monoisotopic (exact) mass is 423 g/mol. The van der Waals surface area contributed by atoms with Crippen molar-refractivity contribution in [1.82, 2.24) is 4.68 Å². The van der Waals surface area contributed by atoms with Gasteiger partial charge in [0.25, 0.3) is 0 Å². The third-order valence-corrected chi connectivity index (χ3v) is 5.91. The quantitative estimate of drug-likeness (QED) is 0.329. The molecule has 1 aliphatic rings. The molecule has 0 amide bonds. The Morgan fingerprint density at radius 2 is 1.93 bits per heavy atom. The van der Waals surface area contributed by atoms with Gasteiger partial charge in [-0.15, -0.1) is 29.7 Å². The average molecular weight is 424 g/mol. The van der Waals surface area contributed by atoms with Crippen LogP contribution in [0, 0.1) is 0 Å². The summed E-state index contributed by atoms with van der Waals surface area (Å²) in [5, 5.41) is 6.79. The van der Waals surface area contributed by atoms with Crippen LogP contribution in [0.4, 0.5) is 0 Å². The molecule has 0 bridgehead atoms. The first-order valence-electron chi connectivity index (χ1n) is 9.19. The summed E-state index contributed by atoms with van der Waals surface area (Å²) >= 11 is 3.27. The van der Waals surface area contributed by atoms with Crippen molar-refractivity contribution in [3.8, 4) is 22.8 Å². The molecule has 0 spiro atoms. The van der Waals surface area contributed by atoms with E-state index in [1.807, 2.05) is 29.1 Å². The third kappa shape index (κ3) is 4.46. The Bertz CT molecular complexity index is 1100. The number of hydrogen-bond donors (Lipinski definition) is 0. The fraction of sp³-hybridized carbons (Fsp3) is 0.182. The summed E-state index contributed by atoms with van der Waals surface area (Å²) in [7, 11) is 0. The molecule has 0 saturated carbocycles. The van der Waals surface area contributed by atoms with Crippen molar-refractivity contribution < 1.29 is 9.47 Å². The number of nitrogens with zero attached hydrogens (tertiary/aromatic N) is 3. The molecule has 2 aromatic carbocycles. The summed E-state index contributed by atoms with van der Waals surface area (Å²) in [5.74, 6) is 1.53. The van der Waals surface area contributed by atoms with E-state index in [0.717, 1.165) is 33.1 Å². The van der Waals surface area contributed by atoms with Crippen LogP contribution >= 0.6 is 23.1 Å². The number of thiazole rings is 1. The Labute approximate surface area is 178 Å². The second kappa shape index (κ2) is 9.15. The summed E-state index contributed by atoms with van der Waals surface area (Å²) in [4.78, 5) is 6.63. The van der Waals surface area contributed by atoms with E-state index in [4.69, 9.17) is 14.6 Å². The highest BCUT2D eigenvalue weighted by atomic mass is 32.2. The normalized spacial score (nSPS) is 13.8. The van der Waals surface area contributed by atoms with Gasteiger partial charge in [-0.2, -0.15) is 5.10 Å². The van der Waals surface area contributed by atoms with Crippen LogP contribution in [0.3, 0.4) is 0 Å². The Balaban J connectivity index is 1.73. The predicted octanol–water partition coefficient (Wildman–Crippen LogP) is 4.68. The molecule has 0 atom stereocenters. The third-order valence-electron chi connectivity index (χ3n) is 4.32. The van der Waals surface area contributed by atoms with E-state index >= 15 is 0 Å². The molecule has 2 heterocycles. The van der Waals surface area contributed by atoms with Crippen LogP contribution in [0.25, 0.3) is 11.3 Å². The Morgan fingerprint density at radius 3 is 2.69 bits per heavy atom. The zero-order valence-electron chi connectivity index (χ0n) is 16.1. The predicted molar refractivity (Wildman–Crippen MR) is 121 cm³/mol. The van der Waals surface area contributed by atoms with Crippen molar-refractivity contribution >= 4 is 29.3 Å². The van der Waals surface area contributed by atoms with Crippen molar-refractivity contribution in [2.24, 2.45) is 10.1 Å². The van der Waals surface area contributed by atoms with Gasteiger partial charge in [-0.25, -0.2) is 4.68 Å². The minimum Gasteiger partial charge on any atom is -0.486 e. The van der Waals surface area contributed by atoms with Gasteiger partial charge >= 0.3 is 0 Å². The lowest BCUT2D eigenvalue weighted by Crippen LogP contribution is -2.15. The standard InChI is InChI=1S/C22H21N3O2S2/c1-3-10-23-22-25(24-14-16-4-7-18(28-2)8-5-16)19(15-29-22)17-6-9-20-21(13-17)27-12-11-26-20/h3-9,13-15H,1,10-12H2,2H3/b23-22?,24-14-. The first-order valence-corrected chi connectivity index (χ1v) is 11.3. The second-order valence-electron chi connectivity index (χ2n) is 6.22. The van der Waals surface area contributed by atoms with Crippen LogP contribution in [0.15, 0.2) is 75.5 Å². The van der Waals surface area contributed by atoms with Crippen molar-refractivity contribution in [1.29, 1.82) is 0 Å². The van der Waals surface area contributed by atoms with Gasteiger partial charge in [-0.1, -0.05) is 18.2 Å². The maximum atomic E-state index is 5.74. The number of hydrogen-bond acceptors (Lipinski definition) is 6. The van der Waals surface area contributed by atoms with Crippen LogP contribution in [0.5, 0.6) is 11.5 Å². The first kappa shape index (κ1) is 19.5. The van der Waals surface area contributed by atoms with Crippen molar-refractivity contribution in [2.45, 2.75) is 4.90 Å². The SMILES string of the molecule is C=CCN=c1scc(-c2ccc3c(c2)OCCO3)n1/N=C\c1ccc(SC)cc1. The molecule has 148 valence electrons. The lowest BCUT2D eigenvalue weighted by molar-refractivity contribution is 0.171. The molecule has 3 aromatic rings. The van der Waals surface area contributed by atoms with E-state index in [9.17, 15) is 0 Å². The van der Waals surface area contributed by atoms with E-state index < -0.39 is 0 Å². The van der Waals surface area contributed by atoms with Crippen LogP contribution in [0.1, 0.15) is 5.56 Å². The largest absolute Gasteiger partial charge is 0.486 e. The first-order chi connectivity index (χ1) is 14.3. The van der Waals surface area contributed by atoms with E-state index in [2.05, 4.69) is 47.5 Å². The smallest absolute Gasteiger partial charge is 0.206 e. The number of benzene rings is 2. The molecule has 5 nitrogen and oxygen atoms in total. The van der Waals surface area contributed by atoms with Gasteiger partial charge < -0.3 is 9.47 Å². The molecular weight excluding hydrogens is 402 g/mol. The molecule has 1 aromatic heterocycles. The molecule has 0 unspecified atom stereocenters.